The molecule has 2 N–H and O–H groups in total. The summed E-state index contributed by atoms with van der Waals surface area (Å²) in [6, 6.07) is 7.89. The second-order valence-electron chi connectivity index (χ2n) is 8.01. The number of pyridine rings is 1. The number of rotatable bonds is 8. The van der Waals surface area contributed by atoms with Gasteiger partial charge in [-0.15, -0.1) is 0 Å². The summed E-state index contributed by atoms with van der Waals surface area (Å²) in [6.45, 7) is 6.60. The summed E-state index contributed by atoms with van der Waals surface area (Å²) in [4.78, 5) is 6.73. The fourth-order valence-corrected chi connectivity index (χ4v) is 4.47. The van der Waals surface area contributed by atoms with Crippen molar-refractivity contribution in [2.45, 2.75) is 19.8 Å². The van der Waals surface area contributed by atoms with Gasteiger partial charge < -0.3 is 15.5 Å². The lowest BCUT2D eigenvalue weighted by Gasteiger charge is -2.23. The molecule has 0 aliphatic heterocycles. The summed E-state index contributed by atoms with van der Waals surface area (Å²) in [5, 5.41) is 9.03. The molecular weight excluding hydrogens is 344 g/mol. The quantitative estimate of drug-likeness (QED) is 0.682. The van der Waals surface area contributed by atoms with Gasteiger partial charge in [-0.1, -0.05) is 18.5 Å². The van der Waals surface area contributed by atoms with E-state index in [1.165, 1.54) is 19.4 Å². The molecule has 1 aliphatic rings. The van der Waals surface area contributed by atoms with E-state index in [4.69, 9.17) is 11.6 Å². The molecule has 4 nitrogen and oxygen atoms in total. The van der Waals surface area contributed by atoms with Crippen molar-refractivity contribution in [3.63, 3.8) is 0 Å². The third-order valence-corrected chi connectivity index (χ3v) is 5.64. The number of halogens is 1. The van der Waals surface area contributed by atoms with Gasteiger partial charge in [-0.05, 0) is 75.5 Å². The maximum atomic E-state index is 6.06. The van der Waals surface area contributed by atoms with E-state index in [9.17, 15) is 0 Å². The number of nitrogens with zero attached hydrogens (tertiary/aromatic N) is 2. The smallest absolute Gasteiger partial charge is 0.0737 e. The summed E-state index contributed by atoms with van der Waals surface area (Å²) in [5.74, 6) is 2.49. The van der Waals surface area contributed by atoms with Crippen LogP contribution in [0.25, 0.3) is 10.9 Å². The zero-order valence-corrected chi connectivity index (χ0v) is 16.9. The Bertz CT molecular complexity index is 718. The highest BCUT2D eigenvalue weighted by atomic mass is 35.5. The first kappa shape index (κ1) is 19.4. The number of fused-ring (bicyclic) bond motifs is 1. The van der Waals surface area contributed by atoms with E-state index in [0.29, 0.717) is 0 Å². The number of hydrogen-bond donors (Lipinski definition) is 2. The molecule has 3 unspecified atom stereocenters. The highest BCUT2D eigenvalue weighted by Gasteiger charge is 2.31. The Labute approximate surface area is 162 Å². The maximum absolute atomic E-state index is 6.06. The SMILES string of the molecule is CC1CC(CNCCNc2ccnc3cc(Cl)ccc23)C(CN(C)C)C1. The van der Waals surface area contributed by atoms with E-state index in [2.05, 4.69) is 41.5 Å². The Morgan fingerprint density at radius 3 is 2.77 bits per heavy atom. The first-order valence-corrected chi connectivity index (χ1v) is 10.0. The zero-order valence-electron chi connectivity index (χ0n) is 16.1. The molecule has 1 fully saturated rings. The Hall–Kier alpha value is -1.36. The summed E-state index contributed by atoms with van der Waals surface area (Å²) >= 11 is 6.06. The number of aromatic nitrogens is 1. The van der Waals surface area contributed by atoms with Crippen LogP contribution in [0.5, 0.6) is 0 Å². The molecule has 142 valence electrons. The van der Waals surface area contributed by atoms with Crippen molar-refractivity contribution in [1.82, 2.24) is 15.2 Å². The van der Waals surface area contributed by atoms with Gasteiger partial charge in [-0.2, -0.15) is 0 Å². The summed E-state index contributed by atoms with van der Waals surface area (Å²) < 4.78 is 0. The van der Waals surface area contributed by atoms with E-state index in [0.717, 1.165) is 59.0 Å². The van der Waals surface area contributed by atoms with Crippen LogP contribution in [0.3, 0.4) is 0 Å². The first-order chi connectivity index (χ1) is 12.5. The van der Waals surface area contributed by atoms with Crippen molar-refractivity contribution in [3.05, 3.63) is 35.5 Å². The van der Waals surface area contributed by atoms with E-state index in [1.54, 1.807) is 0 Å². The summed E-state index contributed by atoms with van der Waals surface area (Å²) in [7, 11) is 4.37. The monoisotopic (exact) mass is 374 g/mol. The van der Waals surface area contributed by atoms with E-state index >= 15 is 0 Å². The van der Waals surface area contributed by atoms with Gasteiger partial charge in [0.2, 0.25) is 0 Å². The van der Waals surface area contributed by atoms with Crippen LogP contribution in [0, 0.1) is 17.8 Å². The topological polar surface area (TPSA) is 40.2 Å². The Morgan fingerprint density at radius 2 is 1.96 bits per heavy atom. The number of hydrogen-bond acceptors (Lipinski definition) is 4. The molecule has 3 rings (SSSR count). The minimum absolute atomic E-state index is 0.724. The molecule has 0 spiro atoms. The molecular formula is C21H31ClN4. The second-order valence-corrected chi connectivity index (χ2v) is 8.45. The van der Waals surface area contributed by atoms with Crippen LogP contribution in [0.2, 0.25) is 5.02 Å². The van der Waals surface area contributed by atoms with Gasteiger partial charge in [-0.25, -0.2) is 0 Å². The molecule has 26 heavy (non-hydrogen) atoms. The molecule has 1 aromatic carbocycles. The maximum Gasteiger partial charge on any atom is 0.0737 e. The van der Waals surface area contributed by atoms with Crippen molar-refractivity contribution in [2.75, 3.05) is 45.6 Å². The van der Waals surface area contributed by atoms with Crippen LogP contribution in [-0.4, -0.2) is 50.2 Å². The molecule has 0 saturated heterocycles. The lowest BCUT2D eigenvalue weighted by Crippen LogP contribution is -2.32. The molecule has 5 heteroatoms. The third-order valence-electron chi connectivity index (χ3n) is 5.41. The molecule has 1 saturated carbocycles. The van der Waals surface area contributed by atoms with Crippen molar-refractivity contribution in [3.8, 4) is 0 Å². The van der Waals surface area contributed by atoms with Gasteiger partial charge >= 0.3 is 0 Å². The largest absolute Gasteiger partial charge is 0.383 e. The molecule has 1 heterocycles. The number of benzene rings is 1. The lowest BCUT2D eigenvalue weighted by molar-refractivity contribution is 0.269. The molecule has 0 radical (unpaired) electrons. The van der Waals surface area contributed by atoms with Gasteiger partial charge in [0.15, 0.2) is 0 Å². The minimum atomic E-state index is 0.724. The molecule has 1 aromatic heterocycles. The highest BCUT2D eigenvalue weighted by Crippen LogP contribution is 2.36. The van der Waals surface area contributed by atoms with Crippen molar-refractivity contribution in [2.24, 2.45) is 17.8 Å². The fraction of sp³-hybridized carbons (Fsp3) is 0.571. The van der Waals surface area contributed by atoms with Crippen LogP contribution in [-0.2, 0) is 0 Å². The van der Waals surface area contributed by atoms with Crippen LogP contribution in [0.4, 0.5) is 5.69 Å². The van der Waals surface area contributed by atoms with E-state index in [-0.39, 0.29) is 0 Å². The summed E-state index contributed by atoms with van der Waals surface area (Å²) in [6.07, 6.45) is 4.56. The molecule has 0 amide bonds. The van der Waals surface area contributed by atoms with Gasteiger partial charge in [0.05, 0.1) is 5.52 Å². The van der Waals surface area contributed by atoms with Crippen LogP contribution >= 0.6 is 11.6 Å². The Morgan fingerprint density at radius 1 is 1.15 bits per heavy atom. The number of anilines is 1. The fourth-order valence-electron chi connectivity index (χ4n) is 4.31. The Balaban J connectivity index is 1.46. The average molecular weight is 375 g/mol. The van der Waals surface area contributed by atoms with Crippen molar-refractivity contribution in [1.29, 1.82) is 0 Å². The Kier molecular flexibility index (Phi) is 6.74. The van der Waals surface area contributed by atoms with Gasteiger partial charge in [0, 0.05) is 41.9 Å². The predicted octanol–water partition coefficient (Wildman–Crippen LogP) is 4.11. The minimum Gasteiger partial charge on any atom is -0.383 e. The van der Waals surface area contributed by atoms with Gasteiger partial charge in [0.1, 0.15) is 0 Å². The first-order valence-electron chi connectivity index (χ1n) is 9.66. The van der Waals surface area contributed by atoms with E-state index < -0.39 is 0 Å². The lowest BCUT2D eigenvalue weighted by atomic mass is 9.95. The van der Waals surface area contributed by atoms with E-state index in [1.807, 2.05) is 30.5 Å². The van der Waals surface area contributed by atoms with Gasteiger partial charge in [-0.3, -0.25) is 4.98 Å². The van der Waals surface area contributed by atoms with Crippen LogP contribution in [0.15, 0.2) is 30.5 Å². The normalized spacial score (nSPS) is 23.0. The van der Waals surface area contributed by atoms with Crippen molar-refractivity contribution < 1.29 is 0 Å². The molecule has 1 aliphatic carbocycles. The van der Waals surface area contributed by atoms with Gasteiger partial charge in [0.25, 0.3) is 0 Å². The van der Waals surface area contributed by atoms with Crippen LogP contribution < -0.4 is 10.6 Å². The molecule has 3 atom stereocenters. The molecule has 2 aromatic rings. The predicted molar refractivity (Wildman–Crippen MR) is 112 cm³/mol. The van der Waals surface area contributed by atoms with Crippen molar-refractivity contribution >= 4 is 28.2 Å². The third kappa shape index (κ3) is 5.09. The zero-order chi connectivity index (χ0) is 18.5. The average Bonchev–Trinajstić information content (AvgIpc) is 2.93. The second kappa shape index (κ2) is 9.03. The summed E-state index contributed by atoms with van der Waals surface area (Å²) in [5.41, 5.74) is 2.05. The highest BCUT2D eigenvalue weighted by molar-refractivity contribution is 6.31. The van der Waals surface area contributed by atoms with Crippen LogP contribution in [0.1, 0.15) is 19.8 Å². The molecule has 0 bridgehead atoms. The standard InChI is InChI=1S/C21H31ClN4/c1-15-10-16(17(11-15)14-26(2)3)13-23-8-9-25-20-6-7-24-21-12-18(22)4-5-19(20)21/h4-7,12,15-17,23H,8-11,13-14H2,1-3H3,(H,24,25). The number of nitrogens with one attached hydrogen (secondary N) is 2.